The predicted octanol–water partition coefficient (Wildman–Crippen LogP) is 0.0892. The molecule has 0 saturated carbocycles. The van der Waals surface area contributed by atoms with Gasteiger partial charge in [0.25, 0.3) is 5.91 Å². The van der Waals surface area contributed by atoms with E-state index in [9.17, 15) is 9.59 Å². The number of aliphatic hydroxyl groups is 1. The third-order valence-corrected chi connectivity index (χ3v) is 2.69. The molecule has 0 radical (unpaired) electrons. The first-order valence-electron chi connectivity index (χ1n) is 6.57. The lowest BCUT2D eigenvalue weighted by atomic mass is 10.2. The number of carbonyl (C=O) groups is 2. The Labute approximate surface area is 128 Å². The summed E-state index contributed by atoms with van der Waals surface area (Å²) >= 11 is 0. The lowest BCUT2D eigenvalue weighted by Crippen LogP contribution is -2.31. The molecule has 0 atom stereocenters. The Morgan fingerprint density at radius 3 is 2.55 bits per heavy atom. The smallest absolute Gasteiger partial charge is 0.322 e. The van der Waals surface area contributed by atoms with Gasteiger partial charge in [0, 0.05) is 19.3 Å². The molecule has 3 N–H and O–H groups in total. The van der Waals surface area contributed by atoms with Crippen molar-refractivity contribution in [1.29, 1.82) is 5.26 Å². The Bertz CT molecular complexity index is 578. The molecule has 0 aliphatic rings. The summed E-state index contributed by atoms with van der Waals surface area (Å²) in [6, 6.07) is 11.1. The predicted molar refractivity (Wildman–Crippen MR) is 78.3 cm³/mol. The van der Waals surface area contributed by atoms with Crippen LogP contribution in [0.3, 0.4) is 0 Å². The molecule has 0 heterocycles. The van der Waals surface area contributed by atoms with Crippen LogP contribution in [-0.2, 0) is 16.1 Å². The molecule has 0 fully saturated rings. The molecule has 1 aromatic carbocycles. The van der Waals surface area contributed by atoms with Crippen LogP contribution in [-0.4, -0.2) is 46.7 Å². The van der Waals surface area contributed by atoms with Gasteiger partial charge in [-0.2, -0.15) is 5.26 Å². The number of nitrogens with one attached hydrogen (secondary N) is 1. The SMILES string of the molecule is N#C/C(=C/N(CCO)Cc1ccccc1)C(=O)NCC(=O)O. The van der Waals surface area contributed by atoms with Crippen LogP contribution < -0.4 is 5.32 Å². The number of aliphatic carboxylic acids is 1. The van der Waals surface area contributed by atoms with Gasteiger partial charge in [-0.3, -0.25) is 9.59 Å². The summed E-state index contributed by atoms with van der Waals surface area (Å²) in [6.07, 6.45) is 1.32. The highest BCUT2D eigenvalue weighted by molar-refractivity contribution is 5.98. The number of carboxylic acid groups (broad SMARTS) is 1. The molecular formula is C15H17N3O4. The molecule has 0 unspecified atom stereocenters. The number of aliphatic hydroxyl groups excluding tert-OH is 1. The van der Waals surface area contributed by atoms with Crippen molar-refractivity contribution in [3.05, 3.63) is 47.7 Å². The zero-order valence-electron chi connectivity index (χ0n) is 11.9. The van der Waals surface area contributed by atoms with Crippen molar-refractivity contribution >= 4 is 11.9 Å². The van der Waals surface area contributed by atoms with E-state index in [1.165, 1.54) is 6.20 Å². The van der Waals surface area contributed by atoms with Crippen LogP contribution in [0.15, 0.2) is 42.1 Å². The summed E-state index contributed by atoms with van der Waals surface area (Å²) in [5, 5.41) is 28.8. The van der Waals surface area contributed by atoms with Crippen molar-refractivity contribution in [2.24, 2.45) is 0 Å². The van der Waals surface area contributed by atoms with Gasteiger partial charge in [0.2, 0.25) is 0 Å². The minimum Gasteiger partial charge on any atom is -0.480 e. The topological polar surface area (TPSA) is 114 Å². The van der Waals surface area contributed by atoms with Crippen LogP contribution in [0.1, 0.15) is 5.56 Å². The van der Waals surface area contributed by atoms with E-state index in [1.54, 1.807) is 11.0 Å². The summed E-state index contributed by atoms with van der Waals surface area (Å²) in [5.74, 6) is -1.96. The molecule has 0 saturated heterocycles. The third kappa shape index (κ3) is 6.07. The highest BCUT2D eigenvalue weighted by Gasteiger charge is 2.12. The van der Waals surface area contributed by atoms with E-state index < -0.39 is 18.4 Å². The Kier molecular flexibility index (Phi) is 7.16. The first-order chi connectivity index (χ1) is 10.6. The second-order valence-corrected chi connectivity index (χ2v) is 4.41. The van der Waals surface area contributed by atoms with Gasteiger partial charge in [0.15, 0.2) is 0 Å². The summed E-state index contributed by atoms with van der Waals surface area (Å²) in [5.41, 5.74) is 0.737. The largest absolute Gasteiger partial charge is 0.480 e. The number of hydrogen-bond acceptors (Lipinski definition) is 5. The molecule has 0 aliphatic heterocycles. The Hall–Kier alpha value is -2.85. The van der Waals surface area contributed by atoms with E-state index in [0.717, 1.165) is 5.56 Å². The summed E-state index contributed by atoms with van der Waals surface area (Å²) in [4.78, 5) is 23.8. The van der Waals surface area contributed by atoms with Crippen LogP contribution in [0.4, 0.5) is 0 Å². The maximum absolute atomic E-state index is 11.7. The van der Waals surface area contributed by atoms with Crippen molar-refractivity contribution in [1.82, 2.24) is 10.2 Å². The van der Waals surface area contributed by atoms with Crippen molar-refractivity contribution in [2.45, 2.75) is 6.54 Å². The lowest BCUT2D eigenvalue weighted by molar-refractivity contribution is -0.137. The number of rotatable bonds is 8. The average molecular weight is 303 g/mol. The Morgan fingerprint density at radius 1 is 1.32 bits per heavy atom. The maximum atomic E-state index is 11.7. The number of carbonyl (C=O) groups excluding carboxylic acids is 1. The van der Waals surface area contributed by atoms with Gasteiger partial charge in [-0.1, -0.05) is 30.3 Å². The van der Waals surface area contributed by atoms with Gasteiger partial charge in [0.1, 0.15) is 18.2 Å². The van der Waals surface area contributed by atoms with Gasteiger partial charge < -0.3 is 20.4 Å². The standard InChI is InChI=1S/C15H17N3O4/c16-8-13(15(22)17-9-14(20)21)11-18(6-7-19)10-12-4-2-1-3-5-12/h1-5,11,19H,6-7,9-10H2,(H,17,22)(H,20,21)/b13-11-. The lowest BCUT2D eigenvalue weighted by Gasteiger charge is -2.19. The molecule has 0 aromatic heterocycles. The minimum absolute atomic E-state index is 0.140. The summed E-state index contributed by atoms with van der Waals surface area (Å²) < 4.78 is 0. The van der Waals surface area contributed by atoms with E-state index in [2.05, 4.69) is 5.32 Å². The number of benzene rings is 1. The Morgan fingerprint density at radius 2 is 2.00 bits per heavy atom. The van der Waals surface area contributed by atoms with Crippen LogP contribution in [0.2, 0.25) is 0 Å². The molecule has 1 aromatic rings. The van der Waals surface area contributed by atoms with Crippen molar-refractivity contribution in [3.63, 3.8) is 0 Å². The van der Waals surface area contributed by atoms with Crippen molar-refractivity contribution in [3.8, 4) is 6.07 Å². The normalized spacial score (nSPS) is 10.6. The Balaban J connectivity index is 2.82. The van der Waals surface area contributed by atoms with Gasteiger partial charge in [-0.15, -0.1) is 0 Å². The fraction of sp³-hybridized carbons (Fsp3) is 0.267. The fourth-order valence-corrected chi connectivity index (χ4v) is 1.71. The average Bonchev–Trinajstić information content (AvgIpc) is 2.51. The summed E-state index contributed by atoms with van der Waals surface area (Å²) in [6.45, 7) is -0.0413. The van der Waals surface area contributed by atoms with Gasteiger partial charge >= 0.3 is 5.97 Å². The molecule has 7 heteroatoms. The van der Waals surface area contributed by atoms with Crippen molar-refractivity contribution in [2.75, 3.05) is 19.7 Å². The molecule has 0 aliphatic carbocycles. The third-order valence-electron chi connectivity index (χ3n) is 2.69. The van der Waals surface area contributed by atoms with Crippen molar-refractivity contribution < 1.29 is 19.8 Å². The number of amides is 1. The molecule has 0 bridgehead atoms. The highest BCUT2D eigenvalue weighted by Crippen LogP contribution is 2.07. The molecule has 116 valence electrons. The van der Waals surface area contributed by atoms with Gasteiger partial charge in [-0.25, -0.2) is 0 Å². The van der Waals surface area contributed by atoms with Crippen LogP contribution in [0, 0.1) is 11.3 Å². The molecule has 7 nitrogen and oxygen atoms in total. The molecule has 22 heavy (non-hydrogen) atoms. The first kappa shape index (κ1) is 17.2. The molecule has 1 rings (SSSR count). The number of nitrogens with zero attached hydrogens (tertiary/aromatic N) is 2. The van der Waals surface area contributed by atoms with Crippen LogP contribution in [0.5, 0.6) is 0 Å². The van der Waals surface area contributed by atoms with Crippen LogP contribution >= 0.6 is 0 Å². The van der Waals surface area contributed by atoms with Crippen LogP contribution in [0.25, 0.3) is 0 Å². The number of carboxylic acids is 1. The minimum atomic E-state index is -1.19. The highest BCUT2D eigenvalue weighted by atomic mass is 16.4. The summed E-state index contributed by atoms with van der Waals surface area (Å²) in [7, 11) is 0. The van der Waals surface area contributed by atoms with E-state index in [0.29, 0.717) is 6.54 Å². The van der Waals surface area contributed by atoms with E-state index >= 15 is 0 Å². The van der Waals surface area contributed by atoms with Gasteiger partial charge in [-0.05, 0) is 5.56 Å². The number of nitriles is 1. The van der Waals surface area contributed by atoms with E-state index in [-0.39, 0.29) is 18.7 Å². The second-order valence-electron chi connectivity index (χ2n) is 4.41. The molecule has 1 amide bonds. The maximum Gasteiger partial charge on any atom is 0.322 e. The van der Waals surface area contributed by atoms with E-state index in [4.69, 9.17) is 15.5 Å². The van der Waals surface area contributed by atoms with Gasteiger partial charge in [0.05, 0.1) is 6.61 Å². The fourth-order valence-electron chi connectivity index (χ4n) is 1.71. The first-order valence-corrected chi connectivity index (χ1v) is 6.57. The molecular weight excluding hydrogens is 286 g/mol. The number of hydrogen-bond donors (Lipinski definition) is 3. The van der Waals surface area contributed by atoms with E-state index in [1.807, 2.05) is 30.3 Å². The zero-order valence-corrected chi connectivity index (χ0v) is 11.9. The zero-order chi connectivity index (χ0) is 16.4. The second kappa shape index (κ2) is 9.15. The quantitative estimate of drug-likeness (QED) is 0.463. The monoisotopic (exact) mass is 303 g/mol. The molecule has 0 spiro atoms.